The van der Waals surface area contributed by atoms with Gasteiger partial charge in [0.2, 0.25) is 0 Å². The second kappa shape index (κ2) is 8.98. The normalized spacial score (nSPS) is 17.4. The summed E-state index contributed by atoms with van der Waals surface area (Å²) in [5, 5.41) is 0. The number of ether oxygens (including phenoxy) is 1. The minimum absolute atomic E-state index is 0.151. The molecular formula is C22H31NO2. The quantitative estimate of drug-likeness (QED) is 0.340. The van der Waals surface area contributed by atoms with Crippen molar-refractivity contribution in [3.05, 3.63) is 41.5 Å². The molecule has 1 aliphatic rings. The highest BCUT2D eigenvalue weighted by atomic mass is 16.5. The number of aliphatic imine (C=N–C) groups is 1. The average Bonchev–Trinajstić information content (AvgIpc) is 2.61. The maximum Gasteiger partial charge on any atom is 0.340 e. The van der Waals surface area contributed by atoms with Gasteiger partial charge in [0.1, 0.15) is 0 Å². The van der Waals surface area contributed by atoms with E-state index in [0.717, 1.165) is 12.8 Å². The summed E-state index contributed by atoms with van der Waals surface area (Å²) in [6.45, 7) is 6.93. The van der Waals surface area contributed by atoms with E-state index in [2.05, 4.69) is 31.8 Å². The molecule has 2 rings (SSSR count). The molecule has 0 amide bonds. The van der Waals surface area contributed by atoms with Gasteiger partial charge in [-0.05, 0) is 62.0 Å². The van der Waals surface area contributed by atoms with Crippen LogP contribution in [-0.2, 0) is 4.74 Å². The highest BCUT2D eigenvalue weighted by Gasteiger charge is 2.29. The van der Waals surface area contributed by atoms with Crippen LogP contribution >= 0.6 is 0 Å². The predicted octanol–water partition coefficient (Wildman–Crippen LogP) is 6.12. The molecule has 1 aromatic carbocycles. The number of rotatable bonds is 7. The molecule has 0 N–H and O–H groups in total. The third-order valence-electron chi connectivity index (χ3n) is 5.01. The smallest absolute Gasteiger partial charge is 0.340 e. The molecule has 0 saturated carbocycles. The lowest BCUT2D eigenvalue weighted by Crippen LogP contribution is -2.23. The van der Waals surface area contributed by atoms with Crippen molar-refractivity contribution in [2.75, 3.05) is 7.11 Å². The molecule has 1 aliphatic carbocycles. The molecule has 0 radical (unpaired) electrons. The van der Waals surface area contributed by atoms with Gasteiger partial charge in [0.25, 0.3) is 0 Å². The van der Waals surface area contributed by atoms with Gasteiger partial charge >= 0.3 is 5.97 Å². The van der Waals surface area contributed by atoms with E-state index in [1.165, 1.54) is 32.8 Å². The zero-order valence-corrected chi connectivity index (χ0v) is 16.0. The Bertz CT molecular complexity index is 645. The summed E-state index contributed by atoms with van der Waals surface area (Å²) in [5.41, 5.74) is 2.93. The molecule has 0 aliphatic heterocycles. The van der Waals surface area contributed by atoms with Crippen molar-refractivity contribution in [2.45, 2.75) is 59.3 Å². The third kappa shape index (κ3) is 5.29. The van der Waals surface area contributed by atoms with Crippen molar-refractivity contribution in [2.24, 2.45) is 16.3 Å². The molecule has 25 heavy (non-hydrogen) atoms. The van der Waals surface area contributed by atoms with Crippen LogP contribution in [0.15, 0.2) is 40.9 Å². The molecule has 1 atom stereocenters. The number of esters is 1. The molecule has 0 saturated heterocycles. The van der Waals surface area contributed by atoms with Crippen molar-refractivity contribution >= 4 is 17.9 Å². The number of carbonyl (C=O) groups excluding carboxylic acids is 1. The molecule has 1 unspecified atom stereocenters. The van der Waals surface area contributed by atoms with Crippen LogP contribution in [0.5, 0.6) is 0 Å². The average molecular weight is 341 g/mol. The Morgan fingerprint density at radius 1 is 1.32 bits per heavy atom. The molecule has 3 heteroatoms. The third-order valence-corrected chi connectivity index (χ3v) is 5.01. The molecule has 0 heterocycles. The molecular weight excluding hydrogens is 310 g/mol. The van der Waals surface area contributed by atoms with Crippen LogP contribution in [0.2, 0.25) is 0 Å². The van der Waals surface area contributed by atoms with Crippen molar-refractivity contribution < 1.29 is 9.53 Å². The van der Waals surface area contributed by atoms with E-state index in [1.54, 1.807) is 11.6 Å². The first-order chi connectivity index (χ1) is 12.0. The minimum atomic E-state index is -0.340. The van der Waals surface area contributed by atoms with Crippen LogP contribution in [-0.4, -0.2) is 19.3 Å². The van der Waals surface area contributed by atoms with Crippen LogP contribution in [0, 0.1) is 11.3 Å². The number of methoxy groups -OCH3 is 1. The Morgan fingerprint density at radius 2 is 2.08 bits per heavy atom. The fourth-order valence-electron chi connectivity index (χ4n) is 3.85. The van der Waals surface area contributed by atoms with Crippen LogP contribution in [0.4, 0.5) is 5.69 Å². The van der Waals surface area contributed by atoms with E-state index < -0.39 is 0 Å². The van der Waals surface area contributed by atoms with Gasteiger partial charge in [0.15, 0.2) is 0 Å². The second-order valence-corrected chi connectivity index (χ2v) is 7.66. The number of hydrogen-bond acceptors (Lipinski definition) is 3. The monoisotopic (exact) mass is 341 g/mol. The number of allylic oxidation sites excluding steroid dienone is 2. The molecule has 3 nitrogen and oxygen atoms in total. The first kappa shape index (κ1) is 19.4. The van der Waals surface area contributed by atoms with Crippen molar-refractivity contribution in [3.8, 4) is 0 Å². The highest BCUT2D eigenvalue weighted by molar-refractivity contribution is 5.95. The van der Waals surface area contributed by atoms with Gasteiger partial charge in [0, 0.05) is 6.21 Å². The Labute approximate surface area is 152 Å². The van der Waals surface area contributed by atoms with Gasteiger partial charge in [-0.3, -0.25) is 4.99 Å². The molecule has 0 fully saturated rings. The van der Waals surface area contributed by atoms with Gasteiger partial charge in [-0.25, -0.2) is 4.79 Å². The zero-order valence-electron chi connectivity index (χ0n) is 16.0. The summed E-state index contributed by atoms with van der Waals surface area (Å²) in [7, 11) is 1.40. The Morgan fingerprint density at radius 3 is 2.72 bits per heavy atom. The van der Waals surface area contributed by atoms with E-state index in [-0.39, 0.29) is 11.4 Å². The van der Waals surface area contributed by atoms with Crippen LogP contribution < -0.4 is 0 Å². The topological polar surface area (TPSA) is 38.7 Å². The lowest BCUT2D eigenvalue weighted by atomic mass is 9.70. The number of benzene rings is 1. The Hall–Kier alpha value is -1.90. The van der Waals surface area contributed by atoms with Gasteiger partial charge < -0.3 is 4.74 Å². The summed E-state index contributed by atoms with van der Waals surface area (Å²) >= 11 is 0. The number of carbonyl (C=O) groups is 1. The summed E-state index contributed by atoms with van der Waals surface area (Å²) in [6.07, 6.45) is 11.5. The molecule has 1 aromatic rings. The summed E-state index contributed by atoms with van der Waals surface area (Å²) in [4.78, 5) is 16.5. The van der Waals surface area contributed by atoms with Gasteiger partial charge in [-0.1, -0.05) is 44.6 Å². The van der Waals surface area contributed by atoms with Crippen molar-refractivity contribution in [1.29, 1.82) is 0 Å². The molecule has 136 valence electrons. The van der Waals surface area contributed by atoms with Crippen LogP contribution in [0.25, 0.3) is 0 Å². The largest absolute Gasteiger partial charge is 0.465 e. The number of para-hydroxylation sites is 1. The summed E-state index contributed by atoms with van der Waals surface area (Å²) in [6, 6.07) is 7.36. The highest BCUT2D eigenvalue weighted by Crippen LogP contribution is 2.41. The SMILES string of the molecule is COC(=O)c1ccccc1N=CCC(C)(CC(C)C)C1=CCCCC1. The van der Waals surface area contributed by atoms with E-state index in [0.29, 0.717) is 17.2 Å². The standard InChI is InChI=1S/C22H31NO2/c1-17(2)16-22(3,18-10-6-5-7-11-18)14-15-23-20-13-9-8-12-19(20)21(24)25-4/h8-10,12-13,15,17H,5-7,11,14,16H2,1-4H3. The van der Waals surface area contributed by atoms with Gasteiger partial charge in [0.05, 0.1) is 18.4 Å². The van der Waals surface area contributed by atoms with Crippen molar-refractivity contribution in [1.82, 2.24) is 0 Å². The molecule has 0 aromatic heterocycles. The van der Waals surface area contributed by atoms with Crippen molar-refractivity contribution in [3.63, 3.8) is 0 Å². The Kier molecular flexibility index (Phi) is 6.98. The first-order valence-corrected chi connectivity index (χ1v) is 9.35. The summed E-state index contributed by atoms with van der Waals surface area (Å²) < 4.78 is 4.85. The lowest BCUT2D eigenvalue weighted by molar-refractivity contribution is 0.0601. The number of nitrogens with zero attached hydrogens (tertiary/aromatic N) is 1. The van der Waals surface area contributed by atoms with Crippen LogP contribution in [0.1, 0.15) is 69.7 Å². The lowest BCUT2D eigenvalue weighted by Gasteiger charge is -2.35. The van der Waals surface area contributed by atoms with E-state index in [1.807, 2.05) is 24.4 Å². The first-order valence-electron chi connectivity index (χ1n) is 9.35. The molecule has 0 bridgehead atoms. The van der Waals surface area contributed by atoms with Gasteiger partial charge in [-0.15, -0.1) is 0 Å². The second-order valence-electron chi connectivity index (χ2n) is 7.66. The van der Waals surface area contributed by atoms with E-state index in [9.17, 15) is 4.79 Å². The van der Waals surface area contributed by atoms with Gasteiger partial charge in [-0.2, -0.15) is 0 Å². The van der Waals surface area contributed by atoms with E-state index >= 15 is 0 Å². The number of hydrogen-bond donors (Lipinski definition) is 0. The molecule has 0 spiro atoms. The minimum Gasteiger partial charge on any atom is -0.465 e. The Balaban J connectivity index is 2.19. The predicted molar refractivity (Wildman–Crippen MR) is 105 cm³/mol. The maximum atomic E-state index is 11.9. The van der Waals surface area contributed by atoms with Crippen LogP contribution in [0.3, 0.4) is 0 Å². The van der Waals surface area contributed by atoms with E-state index in [4.69, 9.17) is 4.74 Å². The fourth-order valence-corrected chi connectivity index (χ4v) is 3.85. The maximum absolute atomic E-state index is 11.9. The fraction of sp³-hybridized carbons (Fsp3) is 0.545. The zero-order chi connectivity index (χ0) is 18.3. The summed E-state index contributed by atoms with van der Waals surface area (Å²) in [5.74, 6) is 0.302.